The molecule has 0 radical (unpaired) electrons. The van der Waals surface area contributed by atoms with E-state index in [1.54, 1.807) is 6.20 Å². The zero-order valence-corrected chi connectivity index (χ0v) is 9.09. The molecule has 2 N–H and O–H groups in total. The number of hydrogen-bond donors (Lipinski definition) is 2. The van der Waals surface area contributed by atoms with Crippen LogP contribution in [0.25, 0.3) is 0 Å². The number of anilines is 1. The van der Waals surface area contributed by atoms with Crippen LogP contribution in [0.4, 0.5) is 5.13 Å². The Morgan fingerprint density at radius 1 is 1.60 bits per heavy atom. The van der Waals surface area contributed by atoms with Gasteiger partial charge in [0.05, 0.1) is 6.42 Å². The Hall–Kier alpha value is -1.14. The third-order valence-electron chi connectivity index (χ3n) is 2.25. The number of piperazine rings is 1. The number of carboxylic acids is 1. The third-order valence-corrected chi connectivity index (χ3v) is 3.31. The number of rotatable bonds is 3. The first kappa shape index (κ1) is 10.4. The third kappa shape index (κ3) is 2.66. The van der Waals surface area contributed by atoms with Crippen LogP contribution in [-0.2, 0) is 11.2 Å². The molecule has 0 spiro atoms. The van der Waals surface area contributed by atoms with Gasteiger partial charge in [-0.25, -0.2) is 4.98 Å². The molecule has 0 atom stereocenters. The van der Waals surface area contributed by atoms with Gasteiger partial charge in [0.25, 0.3) is 0 Å². The number of thiazole rings is 1. The first-order chi connectivity index (χ1) is 7.25. The predicted octanol–water partition coefficient (Wildman–Crippen LogP) is 0.180. The fourth-order valence-corrected chi connectivity index (χ4v) is 2.48. The van der Waals surface area contributed by atoms with E-state index in [1.807, 2.05) is 0 Å². The van der Waals surface area contributed by atoms with Crippen molar-refractivity contribution in [3.05, 3.63) is 11.1 Å². The second-order valence-corrected chi connectivity index (χ2v) is 4.51. The standard InChI is InChI=1S/C9H13N3O2S/c13-8(14)5-7-6-11-9(15-7)12-3-1-10-2-4-12/h6,10H,1-5H2,(H,13,14). The largest absolute Gasteiger partial charge is 0.481 e. The van der Waals surface area contributed by atoms with E-state index in [2.05, 4.69) is 15.2 Å². The van der Waals surface area contributed by atoms with Crippen LogP contribution in [0, 0.1) is 0 Å². The Labute approximate surface area is 91.7 Å². The van der Waals surface area contributed by atoms with E-state index in [9.17, 15) is 4.79 Å². The topological polar surface area (TPSA) is 65.5 Å². The van der Waals surface area contributed by atoms with Crippen LogP contribution in [0.3, 0.4) is 0 Å². The molecule has 1 aromatic rings. The van der Waals surface area contributed by atoms with E-state index in [-0.39, 0.29) is 6.42 Å². The van der Waals surface area contributed by atoms with Gasteiger partial charge in [0.1, 0.15) is 0 Å². The van der Waals surface area contributed by atoms with Crippen LogP contribution in [0.2, 0.25) is 0 Å². The summed E-state index contributed by atoms with van der Waals surface area (Å²) in [5.74, 6) is -0.800. The van der Waals surface area contributed by atoms with Gasteiger partial charge in [0.15, 0.2) is 5.13 Å². The first-order valence-electron chi connectivity index (χ1n) is 4.88. The summed E-state index contributed by atoms with van der Waals surface area (Å²) in [4.78, 5) is 17.8. The van der Waals surface area contributed by atoms with Crippen molar-refractivity contribution in [3.63, 3.8) is 0 Å². The summed E-state index contributed by atoms with van der Waals surface area (Å²) in [5, 5.41) is 12.8. The molecular weight excluding hydrogens is 214 g/mol. The van der Waals surface area contributed by atoms with Crippen molar-refractivity contribution < 1.29 is 9.90 Å². The number of aliphatic carboxylic acids is 1. The van der Waals surface area contributed by atoms with Gasteiger partial charge in [-0.2, -0.15) is 0 Å². The monoisotopic (exact) mass is 227 g/mol. The SMILES string of the molecule is O=C(O)Cc1cnc(N2CCNCC2)s1. The van der Waals surface area contributed by atoms with Crippen molar-refractivity contribution in [3.8, 4) is 0 Å². The van der Waals surface area contributed by atoms with Gasteiger partial charge in [0.2, 0.25) is 0 Å². The van der Waals surface area contributed by atoms with E-state index in [0.29, 0.717) is 0 Å². The Balaban J connectivity index is 2.02. The van der Waals surface area contributed by atoms with Crippen LogP contribution in [-0.4, -0.2) is 42.2 Å². The second kappa shape index (κ2) is 4.59. The van der Waals surface area contributed by atoms with Crippen LogP contribution in [0.15, 0.2) is 6.20 Å². The van der Waals surface area contributed by atoms with E-state index in [4.69, 9.17) is 5.11 Å². The van der Waals surface area contributed by atoms with Gasteiger partial charge in [-0.05, 0) is 0 Å². The van der Waals surface area contributed by atoms with Crippen LogP contribution in [0.1, 0.15) is 4.88 Å². The van der Waals surface area contributed by atoms with E-state index >= 15 is 0 Å². The Bertz CT molecular complexity index is 347. The quantitative estimate of drug-likeness (QED) is 0.771. The van der Waals surface area contributed by atoms with Gasteiger partial charge < -0.3 is 15.3 Å². The van der Waals surface area contributed by atoms with Crippen LogP contribution < -0.4 is 10.2 Å². The van der Waals surface area contributed by atoms with Crippen LogP contribution in [0.5, 0.6) is 0 Å². The van der Waals surface area contributed by atoms with Crippen molar-refractivity contribution in [1.82, 2.24) is 10.3 Å². The van der Waals surface area contributed by atoms with E-state index < -0.39 is 5.97 Å². The lowest BCUT2D eigenvalue weighted by Gasteiger charge is -2.26. The van der Waals surface area contributed by atoms with Crippen molar-refractivity contribution in [2.75, 3.05) is 31.1 Å². The van der Waals surface area contributed by atoms with Crippen molar-refractivity contribution in [1.29, 1.82) is 0 Å². The Morgan fingerprint density at radius 3 is 3.00 bits per heavy atom. The first-order valence-corrected chi connectivity index (χ1v) is 5.69. The van der Waals surface area contributed by atoms with Crippen molar-refractivity contribution in [2.45, 2.75) is 6.42 Å². The lowest BCUT2D eigenvalue weighted by Crippen LogP contribution is -2.43. The summed E-state index contributed by atoms with van der Waals surface area (Å²) < 4.78 is 0. The molecule has 0 aliphatic carbocycles. The molecule has 6 heteroatoms. The highest BCUT2D eigenvalue weighted by molar-refractivity contribution is 7.15. The number of nitrogens with one attached hydrogen (secondary N) is 1. The zero-order chi connectivity index (χ0) is 10.7. The van der Waals surface area contributed by atoms with Gasteiger partial charge in [0, 0.05) is 37.3 Å². The van der Waals surface area contributed by atoms with Crippen molar-refractivity contribution in [2.24, 2.45) is 0 Å². The molecule has 5 nitrogen and oxygen atoms in total. The fraction of sp³-hybridized carbons (Fsp3) is 0.556. The molecule has 1 fully saturated rings. The summed E-state index contributed by atoms with van der Waals surface area (Å²) in [5.41, 5.74) is 0. The Morgan fingerprint density at radius 2 is 2.33 bits per heavy atom. The summed E-state index contributed by atoms with van der Waals surface area (Å²) >= 11 is 1.47. The predicted molar refractivity (Wildman–Crippen MR) is 58.5 cm³/mol. The highest BCUT2D eigenvalue weighted by atomic mass is 32.1. The number of hydrogen-bond acceptors (Lipinski definition) is 5. The minimum atomic E-state index is -0.800. The molecule has 0 aromatic carbocycles. The molecule has 1 saturated heterocycles. The number of carboxylic acid groups (broad SMARTS) is 1. The van der Waals surface area contributed by atoms with Gasteiger partial charge in [-0.15, -0.1) is 11.3 Å². The normalized spacial score (nSPS) is 16.7. The molecule has 2 rings (SSSR count). The molecule has 0 bridgehead atoms. The summed E-state index contributed by atoms with van der Waals surface area (Å²) in [6.45, 7) is 3.82. The number of aromatic nitrogens is 1. The molecule has 0 amide bonds. The molecule has 82 valence electrons. The average Bonchev–Trinajstić information content (AvgIpc) is 2.67. The maximum absolute atomic E-state index is 10.5. The number of nitrogens with zero attached hydrogens (tertiary/aromatic N) is 2. The molecule has 0 unspecified atom stereocenters. The minimum Gasteiger partial charge on any atom is -0.481 e. The highest BCUT2D eigenvalue weighted by Gasteiger charge is 2.14. The molecule has 1 aromatic heterocycles. The summed E-state index contributed by atoms with van der Waals surface area (Å²) in [6, 6.07) is 0. The molecular formula is C9H13N3O2S. The molecule has 1 aliphatic rings. The highest BCUT2D eigenvalue weighted by Crippen LogP contribution is 2.22. The average molecular weight is 227 g/mol. The van der Waals surface area contributed by atoms with E-state index in [1.165, 1.54) is 11.3 Å². The molecule has 2 heterocycles. The molecule has 1 aliphatic heterocycles. The van der Waals surface area contributed by atoms with Crippen LogP contribution >= 0.6 is 11.3 Å². The smallest absolute Gasteiger partial charge is 0.308 e. The second-order valence-electron chi connectivity index (χ2n) is 3.42. The lowest BCUT2D eigenvalue weighted by molar-refractivity contribution is -0.136. The van der Waals surface area contributed by atoms with Crippen molar-refractivity contribution >= 4 is 22.4 Å². The zero-order valence-electron chi connectivity index (χ0n) is 8.27. The summed E-state index contributed by atoms with van der Waals surface area (Å²) in [6.07, 6.45) is 1.74. The minimum absolute atomic E-state index is 0.0732. The van der Waals surface area contributed by atoms with Gasteiger partial charge in [-0.1, -0.05) is 0 Å². The number of carbonyl (C=O) groups is 1. The lowest BCUT2D eigenvalue weighted by atomic mass is 10.4. The van der Waals surface area contributed by atoms with E-state index in [0.717, 1.165) is 36.2 Å². The van der Waals surface area contributed by atoms with Gasteiger partial charge in [-0.3, -0.25) is 4.79 Å². The maximum Gasteiger partial charge on any atom is 0.308 e. The Kier molecular flexibility index (Phi) is 3.17. The summed E-state index contributed by atoms with van der Waals surface area (Å²) in [7, 11) is 0. The fourth-order valence-electron chi connectivity index (χ4n) is 1.53. The maximum atomic E-state index is 10.5. The molecule has 15 heavy (non-hydrogen) atoms. The molecule has 0 saturated carbocycles. The van der Waals surface area contributed by atoms with Gasteiger partial charge >= 0.3 is 5.97 Å².